The maximum Gasteiger partial charge on any atom is 0.192 e. The van der Waals surface area contributed by atoms with Crippen LogP contribution < -0.4 is 15.1 Å². The molecule has 0 bridgehead atoms. The predicted octanol–water partition coefficient (Wildman–Crippen LogP) is 10.8. The van der Waals surface area contributed by atoms with E-state index in [9.17, 15) is 4.79 Å². The van der Waals surface area contributed by atoms with Crippen LogP contribution in [0.2, 0.25) is 0 Å². The van der Waals surface area contributed by atoms with E-state index in [1.807, 2.05) is 61.7 Å². The minimum absolute atomic E-state index is 0.0433. The summed E-state index contributed by atoms with van der Waals surface area (Å²) in [5.41, 5.74) is 12.0. The van der Waals surface area contributed by atoms with E-state index >= 15 is 0 Å². The van der Waals surface area contributed by atoms with E-state index in [1.54, 1.807) is 0 Å². The van der Waals surface area contributed by atoms with Gasteiger partial charge in [0.2, 0.25) is 0 Å². The standard InChI is InChI=1S/C42H32N2O2/c1-27-17-21-37-35(23-27)32-13-7-9-15-40(32)46-41-16-10-8-14-33(41)36-24-28(2)18-22-38(36)44(37)31-19-20-34-39(25-31)43(26-29(3)42(34)45)30-11-5-4-6-12-30/h4-26H,1-3H3. The van der Waals surface area contributed by atoms with Gasteiger partial charge in [0, 0.05) is 50.8 Å². The average Bonchev–Trinajstić information content (AvgIpc) is 3.08. The quantitative estimate of drug-likeness (QED) is 0.199. The number of fused-ring (bicyclic) bond motifs is 7. The van der Waals surface area contributed by atoms with Gasteiger partial charge in [-0.3, -0.25) is 4.79 Å². The van der Waals surface area contributed by atoms with Gasteiger partial charge >= 0.3 is 0 Å². The zero-order chi connectivity index (χ0) is 31.4. The number of aryl methyl sites for hydroxylation is 3. The highest BCUT2D eigenvalue weighted by Gasteiger charge is 2.26. The number of nitrogens with zero attached hydrogens (tertiary/aromatic N) is 2. The summed E-state index contributed by atoms with van der Waals surface area (Å²) in [6, 6.07) is 46.1. The minimum atomic E-state index is 0.0433. The monoisotopic (exact) mass is 596 g/mol. The molecule has 0 fully saturated rings. The third-order valence-corrected chi connectivity index (χ3v) is 8.82. The van der Waals surface area contributed by atoms with Gasteiger partial charge in [-0.2, -0.15) is 0 Å². The van der Waals surface area contributed by atoms with Crippen molar-refractivity contribution in [2.75, 3.05) is 4.90 Å². The summed E-state index contributed by atoms with van der Waals surface area (Å²) in [5.74, 6) is 1.59. The summed E-state index contributed by atoms with van der Waals surface area (Å²) in [7, 11) is 0. The van der Waals surface area contributed by atoms with Gasteiger partial charge in [0.05, 0.1) is 16.9 Å². The molecule has 0 saturated heterocycles. The molecule has 2 heterocycles. The second-order valence-corrected chi connectivity index (χ2v) is 12.0. The number of hydrogen-bond donors (Lipinski definition) is 0. The van der Waals surface area contributed by atoms with Gasteiger partial charge in [-0.25, -0.2) is 0 Å². The van der Waals surface area contributed by atoms with Gasteiger partial charge < -0.3 is 14.2 Å². The molecule has 0 saturated carbocycles. The first kappa shape index (κ1) is 27.7. The molecule has 0 amide bonds. The Morgan fingerprint density at radius 3 is 1.70 bits per heavy atom. The van der Waals surface area contributed by atoms with E-state index in [0.717, 1.165) is 73.1 Å². The van der Waals surface area contributed by atoms with E-state index in [2.05, 4.69) is 108 Å². The first-order valence-corrected chi connectivity index (χ1v) is 15.6. The number of ether oxygens (including phenoxy) is 1. The van der Waals surface area contributed by atoms with Crippen LogP contribution in [0.15, 0.2) is 144 Å². The van der Waals surface area contributed by atoms with Crippen molar-refractivity contribution in [2.24, 2.45) is 0 Å². The van der Waals surface area contributed by atoms with Crippen LogP contribution in [0.4, 0.5) is 17.1 Å². The maximum atomic E-state index is 13.5. The molecule has 1 aliphatic heterocycles. The number of aromatic nitrogens is 1. The van der Waals surface area contributed by atoms with Crippen molar-refractivity contribution in [3.05, 3.63) is 167 Å². The summed E-state index contributed by atoms with van der Waals surface area (Å²) in [6.07, 6.45) is 1.95. The van der Waals surface area contributed by atoms with Gasteiger partial charge in [-0.05, 0) is 87.5 Å². The van der Waals surface area contributed by atoms with Gasteiger partial charge in [0.1, 0.15) is 11.5 Å². The van der Waals surface area contributed by atoms with Gasteiger partial charge in [0.25, 0.3) is 0 Å². The third kappa shape index (κ3) is 4.58. The fourth-order valence-electron chi connectivity index (χ4n) is 6.59. The molecular formula is C42H32N2O2. The number of benzene rings is 6. The van der Waals surface area contributed by atoms with E-state index in [4.69, 9.17) is 4.74 Å². The molecule has 0 aliphatic carbocycles. The number of anilines is 3. The Kier molecular flexibility index (Phi) is 6.58. The second-order valence-electron chi connectivity index (χ2n) is 12.0. The van der Waals surface area contributed by atoms with Crippen molar-refractivity contribution in [1.82, 2.24) is 4.57 Å². The molecule has 4 nitrogen and oxygen atoms in total. The molecule has 7 aromatic rings. The van der Waals surface area contributed by atoms with E-state index in [1.165, 1.54) is 0 Å². The fourth-order valence-corrected chi connectivity index (χ4v) is 6.59. The van der Waals surface area contributed by atoms with E-state index in [0.29, 0.717) is 10.9 Å². The van der Waals surface area contributed by atoms with Crippen LogP contribution in [0.5, 0.6) is 11.5 Å². The van der Waals surface area contributed by atoms with Crippen molar-refractivity contribution in [2.45, 2.75) is 20.8 Å². The van der Waals surface area contributed by atoms with Crippen LogP contribution in [0.1, 0.15) is 16.7 Å². The zero-order valence-corrected chi connectivity index (χ0v) is 26.0. The highest BCUT2D eigenvalue weighted by atomic mass is 16.5. The summed E-state index contributed by atoms with van der Waals surface area (Å²) >= 11 is 0. The summed E-state index contributed by atoms with van der Waals surface area (Å²) < 4.78 is 8.87. The topological polar surface area (TPSA) is 34.5 Å². The Morgan fingerprint density at radius 2 is 1.09 bits per heavy atom. The summed E-state index contributed by atoms with van der Waals surface area (Å²) in [5, 5.41) is 0.686. The lowest BCUT2D eigenvalue weighted by Gasteiger charge is -2.32. The summed E-state index contributed by atoms with van der Waals surface area (Å²) in [4.78, 5) is 15.8. The van der Waals surface area contributed by atoms with Crippen LogP contribution >= 0.6 is 0 Å². The van der Waals surface area contributed by atoms with Gasteiger partial charge in [-0.15, -0.1) is 0 Å². The Labute approximate surface area is 268 Å². The van der Waals surface area contributed by atoms with Crippen LogP contribution in [-0.2, 0) is 0 Å². The molecule has 0 spiro atoms. The molecule has 8 rings (SSSR count). The molecule has 0 radical (unpaired) electrons. The molecule has 0 N–H and O–H groups in total. The minimum Gasteiger partial charge on any atom is -0.456 e. The molecule has 46 heavy (non-hydrogen) atoms. The lowest BCUT2D eigenvalue weighted by Crippen LogP contribution is -2.15. The molecule has 4 heteroatoms. The Balaban J connectivity index is 1.50. The van der Waals surface area contributed by atoms with E-state index in [-0.39, 0.29) is 5.43 Å². The zero-order valence-electron chi connectivity index (χ0n) is 26.0. The van der Waals surface area contributed by atoms with Crippen molar-refractivity contribution < 1.29 is 4.74 Å². The lowest BCUT2D eigenvalue weighted by molar-refractivity contribution is 0.486. The SMILES string of the molecule is Cc1ccc2c(c1)-c1ccccc1Oc1ccccc1-c1cc(C)ccc1N2c1ccc2c(=O)c(C)cn(-c3ccccc3)c2c1. The van der Waals surface area contributed by atoms with E-state index < -0.39 is 0 Å². The largest absolute Gasteiger partial charge is 0.456 e. The smallest absolute Gasteiger partial charge is 0.192 e. The van der Waals surface area contributed by atoms with Crippen molar-refractivity contribution in [3.8, 4) is 39.4 Å². The summed E-state index contributed by atoms with van der Waals surface area (Å²) in [6.45, 7) is 6.13. The Morgan fingerprint density at radius 1 is 0.522 bits per heavy atom. The van der Waals surface area contributed by atoms with Crippen LogP contribution in [0.3, 0.4) is 0 Å². The highest BCUT2D eigenvalue weighted by Crippen LogP contribution is 2.50. The first-order valence-electron chi connectivity index (χ1n) is 15.6. The predicted molar refractivity (Wildman–Crippen MR) is 189 cm³/mol. The highest BCUT2D eigenvalue weighted by molar-refractivity contribution is 5.98. The van der Waals surface area contributed by atoms with Crippen LogP contribution in [0, 0.1) is 20.8 Å². The third-order valence-electron chi connectivity index (χ3n) is 8.82. The normalized spacial score (nSPS) is 12.0. The Hall–Kier alpha value is -5.87. The lowest BCUT2D eigenvalue weighted by atomic mass is 9.95. The molecule has 1 aliphatic rings. The molecule has 0 unspecified atom stereocenters. The first-order chi connectivity index (χ1) is 22.5. The Bertz CT molecular complexity index is 2260. The number of para-hydroxylation sites is 3. The van der Waals surface area contributed by atoms with Crippen molar-refractivity contribution in [1.29, 1.82) is 0 Å². The molecule has 222 valence electrons. The molecular weight excluding hydrogens is 564 g/mol. The van der Waals surface area contributed by atoms with Gasteiger partial charge in [0.15, 0.2) is 5.43 Å². The average molecular weight is 597 g/mol. The van der Waals surface area contributed by atoms with Crippen molar-refractivity contribution >= 4 is 28.0 Å². The van der Waals surface area contributed by atoms with Crippen LogP contribution in [0.25, 0.3) is 38.8 Å². The number of hydrogen-bond acceptors (Lipinski definition) is 3. The number of pyridine rings is 1. The van der Waals surface area contributed by atoms with Crippen molar-refractivity contribution in [3.63, 3.8) is 0 Å². The van der Waals surface area contributed by atoms with Gasteiger partial charge in [-0.1, -0.05) is 77.9 Å². The molecule has 6 aromatic carbocycles. The second kappa shape index (κ2) is 10.9. The number of rotatable bonds is 2. The molecule has 0 atom stereocenters. The van der Waals surface area contributed by atoms with Crippen LogP contribution in [-0.4, -0.2) is 4.57 Å². The molecule has 1 aromatic heterocycles. The fraction of sp³-hybridized carbons (Fsp3) is 0.0714. The maximum absolute atomic E-state index is 13.5.